The third-order valence-corrected chi connectivity index (χ3v) is 2.32. The fraction of sp³-hybridized carbons (Fsp3) is 0.714. The first-order valence-electron chi connectivity index (χ1n) is 3.99. The highest BCUT2D eigenvalue weighted by atomic mass is 15.3. The molecule has 1 aliphatic carbocycles. The molecule has 0 bridgehead atoms. The van der Waals surface area contributed by atoms with Crippen LogP contribution in [0.2, 0.25) is 0 Å². The Bertz CT molecular complexity index is 255. The van der Waals surface area contributed by atoms with Crippen LogP contribution in [0.5, 0.6) is 0 Å². The molecular weight excluding hydrogens is 140 g/mol. The van der Waals surface area contributed by atoms with Crippen molar-refractivity contribution < 1.29 is 0 Å². The molecule has 0 aliphatic heterocycles. The molecule has 4 nitrogen and oxygen atoms in total. The van der Waals surface area contributed by atoms with Gasteiger partial charge in [0.05, 0.1) is 0 Å². The van der Waals surface area contributed by atoms with Gasteiger partial charge >= 0.3 is 0 Å². The molecule has 3 N–H and O–H groups in total. The van der Waals surface area contributed by atoms with Crippen molar-refractivity contribution in [3.63, 3.8) is 0 Å². The minimum absolute atomic E-state index is 0.363. The Morgan fingerprint density at radius 3 is 3.00 bits per heavy atom. The van der Waals surface area contributed by atoms with Gasteiger partial charge in [-0.25, -0.2) is 0 Å². The summed E-state index contributed by atoms with van der Waals surface area (Å²) in [5.74, 6) is 2.74. The second kappa shape index (κ2) is 2.22. The summed E-state index contributed by atoms with van der Waals surface area (Å²) in [4.78, 5) is 4.08. The third kappa shape index (κ3) is 1.08. The van der Waals surface area contributed by atoms with Gasteiger partial charge in [0.2, 0.25) is 5.95 Å². The van der Waals surface area contributed by atoms with Gasteiger partial charge in [-0.15, -0.1) is 5.10 Å². The molecule has 0 amide bonds. The topological polar surface area (TPSA) is 67.6 Å². The highest BCUT2D eigenvalue weighted by molar-refractivity contribution is 5.18. The van der Waals surface area contributed by atoms with E-state index < -0.39 is 0 Å². The molecule has 1 aromatic heterocycles. The molecule has 11 heavy (non-hydrogen) atoms. The van der Waals surface area contributed by atoms with Crippen molar-refractivity contribution in [3.8, 4) is 0 Å². The number of aromatic amines is 1. The lowest BCUT2D eigenvalue weighted by atomic mass is 10.2. The molecule has 1 heterocycles. The molecule has 2 rings (SSSR count). The van der Waals surface area contributed by atoms with Crippen molar-refractivity contribution in [2.75, 3.05) is 5.73 Å². The van der Waals surface area contributed by atoms with Crippen LogP contribution in [0, 0.1) is 5.92 Å². The van der Waals surface area contributed by atoms with Gasteiger partial charge in [-0.2, -0.15) is 4.98 Å². The van der Waals surface area contributed by atoms with Gasteiger partial charge in [0.1, 0.15) is 5.82 Å². The minimum atomic E-state index is 0.363. The molecule has 0 radical (unpaired) electrons. The second-order valence-corrected chi connectivity index (χ2v) is 3.09. The summed E-state index contributed by atoms with van der Waals surface area (Å²) < 4.78 is 0. The van der Waals surface area contributed by atoms with Crippen molar-refractivity contribution in [2.24, 2.45) is 5.92 Å². The molecule has 4 heteroatoms. The zero-order valence-electron chi connectivity index (χ0n) is 6.54. The zero-order valence-corrected chi connectivity index (χ0v) is 6.54. The van der Waals surface area contributed by atoms with Crippen LogP contribution in [-0.4, -0.2) is 15.2 Å². The van der Waals surface area contributed by atoms with E-state index in [2.05, 4.69) is 22.1 Å². The lowest BCUT2D eigenvalue weighted by Crippen LogP contribution is -1.87. The molecule has 0 saturated heterocycles. The number of H-pyrrole nitrogens is 1. The summed E-state index contributed by atoms with van der Waals surface area (Å²) in [6.45, 7) is 2.20. The predicted molar refractivity (Wildman–Crippen MR) is 41.9 cm³/mol. The summed E-state index contributed by atoms with van der Waals surface area (Å²) in [5.41, 5.74) is 5.38. The van der Waals surface area contributed by atoms with Gasteiger partial charge in [-0.05, 0) is 12.3 Å². The maximum Gasteiger partial charge on any atom is 0.239 e. The van der Waals surface area contributed by atoms with E-state index in [9.17, 15) is 0 Å². The molecule has 60 valence electrons. The van der Waals surface area contributed by atoms with Crippen LogP contribution in [0.1, 0.15) is 31.5 Å². The molecule has 0 spiro atoms. The van der Waals surface area contributed by atoms with Gasteiger partial charge in [-0.3, -0.25) is 5.10 Å². The van der Waals surface area contributed by atoms with Crippen LogP contribution in [0.25, 0.3) is 0 Å². The van der Waals surface area contributed by atoms with Crippen LogP contribution < -0.4 is 5.73 Å². The average molecular weight is 152 g/mol. The van der Waals surface area contributed by atoms with Crippen LogP contribution in [-0.2, 0) is 0 Å². The lowest BCUT2D eigenvalue weighted by Gasteiger charge is -1.88. The minimum Gasteiger partial charge on any atom is -0.367 e. The Morgan fingerprint density at radius 1 is 1.73 bits per heavy atom. The summed E-state index contributed by atoms with van der Waals surface area (Å²) in [7, 11) is 0. The summed E-state index contributed by atoms with van der Waals surface area (Å²) >= 11 is 0. The fourth-order valence-corrected chi connectivity index (χ4v) is 1.49. The Morgan fingerprint density at radius 2 is 2.55 bits per heavy atom. The van der Waals surface area contributed by atoms with E-state index in [1.54, 1.807) is 0 Å². The van der Waals surface area contributed by atoms with Crippen LogP contribution >= 0.6 is 0 Å². The van der Waals surface area contributed by atoms with Gasteiger partial charge in [-0.1, -0.05) is 13.3 Å². The zero-order chi connectivity index (χ0) is 7.84. The average Bonchev–Trinajstić information content (AvgIpc) is 2.68. The van der Waals surface area contributed by atoms with E-state index >= 15 is 0 Å². The Balaban J connectivity index is 2.08. The fourth-order valence-electron chi connectivity index (χ4n) is 1.49. The molecule has 1 aliphatic rings. The van der Waals surface area contributed by atoms with E-state index in [0.717, 1.165) is 11.7 Å². The molecule has 0 aromatic carbocycles. The summed E-state index contributed by atoms with van der Waals surface area (Å²) in [6, 6.07) is 0. The maximum absolute atomic E-state index is 5.38. The van der Waals surface area contributed by atoms with Crippen molar-refractivity contribution in [3.05, 3.63) is 5.82 Å². The summed E-state index contributed by atoms with van der Waals surface area (Å²) in [5, 5.41) is 6.63. The van der Waals surface area contributed by atoms with E-state index in [0.29, 0.717) is 11.9 Å². The van der Waals surface area contributed by atoms with Crippen molar-refractivity contribution >= 4 is 5.95 Å². The van der Waals surface area contributed by atoms with Crippen molar-refractivity contribution in [1.82, 2.24) is 15.2 Å². The van der Waals surface area contributed by atoms with E-state index in [-0.39, 0.29) is 0 Å². The number of nitrogens with one attached hydrogen (secondary N) is 1. The number of nitrogens with two attached hydrogens (primary N) is 1. The first kappa shape index (κ1) is 6.64. The standard InChI is InChI=1S/C7H12N4/c1-2-4-3-5(4)6-9-7(8)11-10-6/h4-5H,2-3H2,1H3,(H3,8,9,10,11). The first-order chi connectivity index (χ1) is 5.31. The molecular formula is C7H12N4. The van der Waals surface area contributed by atoms with Gasteiger partial charge in [0, 0.05) is 5.92 Å². The van der Waals surface area contributed by atoms with Crippen LogP contribution in [0.3, 0.4) is 0 Å². The largest absolute Gasteiger partial charge is 0.367 e. The Kier molecular flexibility index (Phi) is 1.34. The molecule has 1 aromatic rings. The molecule has 1 fully saturated rings. The predicted octanol–water partition coefficient (Wildman–Crippen LogP) is 0.900. The molecule has 2 unspecified atom stereocenters. The second-order valence-electron chi connectivity index (χ2n) is 3.09. The number of nitrogens with zero attached hydrogens (tertiary/aromatic N) is 2. The van der Waals surface area contributed by atoms with Crippen LogP contribution in [0.4, 0.5) is 5.95 Å². The number of nitrogen functional groups attached to an aromatic ring is 1. The first-order valence-corrected chi connectivity index (χ1v) is 3.99. The Hall–Kier alpha value is -1.06. The number of anilines is 1. The number of hydrogen-bond acceptors (Lipinski definition) is 3. The lowest BCUT2D eigenvalue weighted by molar-refractivity contribution is 0.744. The smallest absolute Gasteiger partial charge is 0.239 e. The number of rotatable bonds is 2. The van der Waals surface area contributed by atoms with Crippen molar-refractivity contribution in [2.45, 2.75) is 25.7 Å². The highest BCUT2D eigenvalue weighted by Crippen LogP contribution is 2.47. The normalized spacial score (nSPS) is 28.8. The van der Waals surface area contributed by atoms with Gasteiger partial charge < -0.3 is 5.73 Å². The van der Waals surface area contributed by atoms with E-state index in [1.807, 2.05) is 0 Å². The quantitative estimate of drug-likeness (QED) is 0.661. The third-order valence-electron chi connectivity index (χ3n) is 2.32. The molecule has 1 saturated carbocycles. The van der Waals surface area contributed by atoms with E-state index in [1.165, 1.54) is 12.8 Å². The maximum atomic E-state index is 5.38. The number of hydrogen-bond donors (Lipinski definition) is 2. The van der Waals surface area contributed by atoms with Gasteiger partial charge in [0.25, 0.3) is 0 Å². The monoisotopic (exact) mass is 152 g/mol. The number of aromatic nitrogens is 3. The Labute approximate surface area is 65.2 Å². The SMILES string of the molecule is CCC1CC1c1nc(N)n[nH]1. The van der Waals surface area contributed by atoms with Crippen LogP contribution in [0.15, 0.2) is 0 Å². The van der Waals surface area contributed by atoms with Gasteiger partial charge in [0.15, 0.2) is 0 Å². The van der Waals surface area contributed by atoms with E-state index in [4.69, 9.17) is 5.73 Å². The highest BCUT2D eigenvalue weighted by Gasteiger charge is 2.38. The summed E-state index contributed by atoms with van der Waals surface area (Å²) in [6.07, 6.45) is 2.47. The molecule has 2 atom stereocenters. The van der Waals surface area contributed by atoms with Crippen molar-refractivity contribution in [1.29, 1.82) is 0 Å².